The van der Waals surface area contributed by atoms with Crippen molar-refractivity contribution >= 4 is 38.2 Å². The second kappa shape index (κ2) is 9.49. The predicted molar refractivity (Wildman–Crippen MR) is 117 cm³/mol. The first-order chi connectivity index (χ1) is 14.8. The van der Waals surface area contributed by atoms with E-state index < -0.39 is 9.84 Å². The van der Waals surface area contributed by atoms with Crippen molar-refractivity contribution < 1.29 is 22.7 Å². The molecule has 0 bridgehead atoms. The van der Waals surface area contributed by atoms with Gasteiger partial charge in [0.25, 0.3) is 0 Å². The van der Waals surface area contributed by atoms with E-state index in [2.05, 4.69) is 11.4 Å². The molecular formula is C21H23N3O5S2. The second-order valence-electron chi connectivity index (χ2n) is 6.96. The Kier molecular flexibility index (Phi) is 6.97. The lowest BCUT2D eigenvalue weighted by molar-refractivity contribution is -0.115. The number of rotatable bonds is 6. The molecule has 2 amide bonds. The van der Waals surface area contributed by atoms with Crippen molar-refractivity contribution in [2.75, 3.05) is 24.2 Å². The number of hydrogen-bond acceptors (Lipinski definition) is 7. The van der Waals surface area contributed by atoms with Crippen LogP contribution in [0.25, 0.3) is 0 Å². The highest BCUT2D eigenvalue weighted by molar-refractivity contribution is 7.91. The molecule has 0 radical (unpaired) electrons. The van der Waals surface area contributed by atoms with Crippen LogP contribution in [0.15, 0.2) is 29.2 Å². The van der Waals surface area contributed by atoms with E-state index in [1.807, 2.05) is 0 Å². The first-order valence-electron chi connectivity index (χ1n) is 9.86. The molecule has 3 rings (SSSR count). The highest BCUT2D eigenvalue weighted by Crippen LogP contribution is 2.36. The van der Waals surface area contributed by atoms with E-state index in [1.165, 1.54) is 23.5 Å². The van der Waals surface area contributed by atoms with Gasteiger partial charge in [-0.25, -0.2) is 13.2 Å². The topological polar surface area (TPSA) is 117 Å². The van der Waals surface area contributed by atoms with Crippen molar-refractivity contribution in [2.45, 2.75) is 38.1 Å². The van der Waals surface area contributed by atoms with Gasteiger partial charge in [-0.2, -0.15) is 5.26 Å². The monoisotopic (exact) mass is 461 g/mol. The van der Waals surface area contributed by atoms with Gasteiger partial charge in [-0.05, 0) is 36.6 Å². The van der Waals surface area contributed by atoms with Gasteiger partial charge in [0.05, 0.1) is 35.8 Å². The van der Waals surface area contributed by atoms with Crippen LogP contribution in [0.3, 0.4) is 0 Å². The maximum Gasteiger partial charge on any atom is 0.410 e. The number of amides is 2. The zero-order valence-corrected chi connectivity index (χ0v) is 18.9. The van der Waals surface area contributed by atoms with Gasteiger partial charge < -0.3 is 15.0 Å². The number of nitrogens with one attached hydrogen (secondary N) is 1. The molecule has 0 saturated heterocycles. The molecule has 0 saturated carbocycles. The van der Waals surface area contributed by atoms with E-state index in [0.29, 0.717) is 42.2 Å². The summed E-state index contributed by atoms with van der Waals surface area (Å²) in [5, 5.41) is 12.9. The molecule has 0 atom stereocenters. The normalized spacial score (nSPS) is 13.3. The molecule has 0 aliphatic carbocycles. The first kappa shape index (κ1) is 22.8. The van der Waals surface area contributed by atoms with Crippen LogP contribution in [0.5, 0.6) is 0 Å². The lowest BCUT2D eigenvalue weighted by atomic mass is 10.0. The molecule has 1 aliphatic rings. The van der Waals surface area contributed by atoms with Crippen molar-refractivity contribution in [1.29, 1.82) is 5.26 Å². The molecule has 0 unspecified atom stereocenters. The van der Waals surface area contributed by atoms with Crippen LogP contribution in [0.4, 0.5) is 9.80 Å². The number of carbonyl (C=O) groups excluding carboxylic acids is 2. The summed E-state index contributed by atoms with van der Waals surface area (Å²) in [6.45, 7) is 4.42. The molecule has 1 aromatic heterocycles. The van der Waals surface area contributed by atoms with Gasteiger partial charge in [0.15, 0.2) is 9.84 Å². The summed E-state index contributed by atoms with van der Waals surface area (Å²) in [6, 6.07) is 8.39. The number of anilines is 1. The van der Waals surface area contributed by atoms with Gasteiger partial charge in [0, 0.05) is 11.4 Å². The number of benzene rings is 1. The van der Waals surface area contributed by atoms with Crippen molar-refractivity contribution in [3.63, 3.8) is 0 Å². The van der Waals surface area contributed by atoms with Gasteiger partial charge >= 0.3 is 6.09 Å². The molecule has 2 heterocycles. The first-order valence-corrected chi connectivity index (χ1v) is 12.3. The Hall–Kier alpha value is -2.90. The zero-order chi connectivity index (χ0) is 22.6. The van der Waals surface area contributed by atoms with E-state index in [4.69, 9.17) is 4.74 Å². The van der Waals surface area contributed by atoms with Crippen LogP contribution < -0.4 is 5.32 Å². The molecule has 164 valence electrons. The summed E-state index contributed by atoms with van der Waals surface area (Å²) in [5.41, 5.74) is 1.96. The van der Waals surface area contributed by atoms with Gasteiger partial charge in [0.1, 0.15) is 11.1 Å². The summed E-state index contributed by atoms with van der Waals surface area (Å²) < 4.78 is 28.9. The molecular weight excluding hydrogens is 438 g/mol. The van der Waals surface area contributed by atoms with Crippen molar-refractivity contribution in [3.05, 3.63) is 45.8 Å². The largest absolute Gasteiger partial charge is 0.450 e. The Morgan fingerprint density at radius 3 is 2.58 bits per heavy atom. The minimum atomic E-state index is -3.29. The number of sulfone groups is 1. The van der Waals surface area contributed by atoms with Gasteiger partial charge in [-0.15, -0.1) is 11.3 Å². The Labute approximate surface area is 185 Å². The van der Waals surface area contributed by atoms with E-state index in [-0.39, 0.29) is 29.1 Å². The Balaban J connectivity index is 1.71. The molecule has 1 aliphatic heterocycles. The van der Waals surface area contributed by atoms with Gasteiger partial charge in [-0.1, -0.05) is 19.1 Å². The minimum absolute atomic E-state index is 0.0143. The molecule has 0 spiro atoms. The van der Waals surface area contributed by atoms with Gasteiger partial charge in [0.2, 0.25) is 5.91 Å². The molecule has 8 nitrogen and oxygen atoms in total. The van der Waals surface area contributed by atoms with E-state index in [1.54, 1.807) is 30.9 Å². The van der Waals surface area contributed by atoms with E-state index in [0.717, 1.165) is 10.4 Å². The van der Waals surface area contributed by atoms with Crippen molar-refractivity contribution in [3.8, 4) is 6.07 Å². The molecule has 1 aromatic carbocycles. The third-order valence-corrected chi connectivity index (χ3v) is 7.86. The fourth-order valence-electron chi connectivity index (χ4n) is 3.32. The SMILES string of the molecule is CCOC(=O)N1CCc2c(sc(NC(=O)Cc3ccc(S(=O)(=O)CC)cc3)c2C#N)C1. The smallest absolute Gasteiger partial charge is 0.410 e. The molecule has 0 fully saturated rings. The fourth-order valence-corrected chi connectivity index (χ4v) is 5.43. The lowest BCUT2D eigenvalue weighted by Crippen LogP contribution is -2.35. The quantitative estimate of drug-likeness (QED) is 0.706. The molecule has 2 aromatic rings. The average Bonchev–Trinajstić information content (AvgIpc) is 3.10. The van der Waals surface area contributed by atoms with Crippen LogP contribution in [0.2, 0.25) is 0 Å². The number of nitriles is 1. The molecule has 31 heavy (non-hydrogen) atoms. The maximum absolute atomic E-state index is 12.5. The Morgan fingerprint density at radius 1 is 1.26 bits per heavy atom. The second-order valence-corrected chi connectivity index (χ2v) is 10.3. The maximum atomic E-state index is 12.5. The highest BCUT2D eigenvalue weighted by atomic mass is 32.2. The van der Waals surface area contributed by atoms with Crippen molar-refractivity contribution in [1.82, 2.24) is 4.90 Å². The summed E-state index contributed by atoms with van der Waals surface area (Å²) in [5.74, 6) is -0.288. The van der Waals surface area contributed by atoms with Gasteiger partial charge in [-0.3, -0.25) is 4.79 Å². The Morgan fingerprint density at radius 2 is 1.97 bits per heavy atom. The zero-order valence-electron chi connectivity index (χ0n) is 17.3. The Bertz CT molecular complexity index is 1130. The fraction of sp³-hybridized carbons (Fsp3) is 0.381. The summed E-state index contributed by atoms with van der Waals surface area (Å²) in [6.07, 6.45) is 0.185. The van der Waals surface area contributed by atoms with Crippen molar-refractivity contribution in [2.24, 2.45) is 0 Å². The van der Waals surface area contributed by atoms with Crippen LogP contribution in [0, 0.1) is 11.3 Å². The number of ether oxygens (including phenoxy) is 1. The van der Waals surface area contributed by atoms with Crippen LogP contribution >= 0.6 is 11.3 Å². The van der Waals surface area contributed by atoms with Crippen LogP contribution in [-0.2, 0) is 38.8 Å². The standard InChI is InChI=1S/C21H23N3O5S2/c1-3-29-21(26)24-10-9-16-17(12-22)20(30-18(16)13-24)23-19(25)11-14-5-7-15(8-6-14)31(27,28)4-2/h5-8H,3-4,9-11,13H2,1-2H3,(H,23,25). The third kappa shape index (κ3) is 5.06. The lowest BCUT2D eigenvalue weighted by Gasteiger charge is -2.25. The third-order valence-electron chi connectivity index (χ3n) is 4.97. The highest BCUT2D eigenvalue weighted by Gasteiger charge is 2.28. The number of nitrogens with zero attached hydrogens (tertiary/aromatic N) is 2. The minimum Gasteiger partial charge on any atom is -0.450 e. The summed E-state index contributed by atoms with van der Waals surface area (Å²) in [7, 11) is -3.29. The van der Waals surface area contributed by atoms with Crippen LogP contribution in [-0.4, -0.2) is 44.2 Å². The average molecular weight is 462 g/mol. The summed E-state index contributed by atoms with van der Waals surface area (Å²) in [4.78, 5) is 27.2. The number of thiophene rings is 1. The number of fused-ring (bicyclic) bond motifs is 1. The summed E-state index contributed by atoms with van der Waals surface area (Å²) >= 11 is 1.29. The molecule has 1 N–H and O–H groups in total. The van der Waals surface area contributed by atoms with E-state index >= 15 is 0 Å². The number of hydrogen-bond donors (Lipinski definition) is 1. The van der Waals surface area contributed by atoms with E-state index in [9.17, 15) is 23.3 Å². The van der Waals surface area contributed by atoms with Crippen LogP contribution in [0.1, 0.15) is 35.4 Å². The molecule has 10 heteroatoms. The number of carbonyl (C=O) groups is 2. The predicted octanol–water partition coefficient (Wildman–Crippen LogP) is 3.11.